The summed E-state index contributed by atoms with van der Waals surface area (Å²) in [5.74, 6) is 9.24. The first kappa shape index (κ1) is 14.1. The lowest BCUT2D eigenvalue weighted by Crippen LogP contribution is -2.48. The molecule has 0 N–H and O–H groups in total. The van der Waals surface area contributed by atoms with Crippen LogP contribution >= 0.6 is 0 Å². The summed E-state index contributed by atoms with van der Waals surface area (Å²) in [7, 11) is 4.21. The second-order valence-electron chi connectivity index (χ2n) is 4.82. The standard InChI is InChI=1S/C17H20N/c1-5-10-17(18(3,4)15-6-2)14-13-16-11-8-7-9-12-16/h2,5,7-9,11-12,17H,1,10,15H2,3-4H3/q+1/t17-/m1/s1. The molecule has 1 aromatic carbocycles. The third-order valence-corrected chi connectivity index (χ3v) is 2.89. The van der Waals surface area contributed by atoms with Gasteiger partial charge in [-0.1, -0.05) is 30.2 Å². The van der Waals surface area contributed by atoms with Crippen LogP contribution in [0.15, 0.2) is 43.0 Å². The minimum atomic E-state index is 0.179. The number of hydrogen-bond acceptors (Lipinski definition) is 0. The van der Waals surface area contributed by atoms with Gasteiger partial charge < -0.3 is 4.48 Å². The second kappa shape index (κ2) is 6.70. The predicted octanol–water partition coefficient (Wildman–Crippen LogP) is 2.69. The van der Waals surface area contributed by atoms with E-state index in [-0.39, 0.29) is 6.04 Å². The van der Waals surface area contributed by atoms with Crippen LogP contribution in [0.1, 0.15) is 12.0 Å². The molecule has 1 nitrogen and oxygen atoms in total. The van der Waals surface area contributed by atoms with E-state index in [4.69, 9.17) is 6.42 Å². The fourth-order valence-electron chi connectivity index (χ4n) is 1.71. The minimum Gasteiger partial charge on any atom is -0.306 e. The van der Waals surface area contributed by atoms with Crippen molar-refractivity contribution in [3.63, 3.8) is 0 Å². The van der Waals surface area contributed by atoms with Gasteiger partial charge in [0.05, 0.1) is 14.1 Å². The fraction of sp³-hybridized carbons (Fsp3) is 0.294. The van der Waals surface area contributed by atoms with Crippen LogP contribution in [-0.2, 0) is 0 Å². The van der Waals surface area contributed by atoms with Crippen molar-refractivity contribution in [2.75, 3.05) is 20.6 Å². The SMILES string of the molecule is C#CC[N+](C)(C)[C@@H](C#Cc1ccccc1)CC=C. The van der Waals surface area contributed by atoms with E-state index in [1.54, 1.807) is 0 Å². The van der Waals surface area contributed by atoms with E-state index in [1.807, 2.05) is 36.4 Å². The van der Waals surface area contributed by atoms with Crippen LogP contribution in [0.4, 0.5) is 0 Å². The number of terminal acetylenes is 1. The number of benzene rings is 1. The molecule has 0 radical (unpaired) electrons. The lowest BCUT2D eigenvalue weighted by atomic mass is 10.1. The van der Waals surface area contributed by atoms with Gasteiger partial charge in [0.25, 0.3) is 0 Å². The highest BCUT2D eigenvalue weighted by molar-refractivity contribution is 5.34. The Morgan fingerprint density at radius 2 is 2.00 bits per heavy atom. The summed E-state index contributed by atoms with van der Waals surface area (Å²) in [6.07, 6.45) is 8.16. The molecule has 0 aliphatic heterocycles. The van der Waals surface area contributed by atoms with Gasteiger partial charge in [0.15, 0.2) is 6.04 Å². The summed E-state index contributed by atoms with van der Waals surface area (Å²) >= 11 is 0. The number of quaternary nitrogens is 1. The highest BCUT2D eigenvalue weighted by Gasteiger charge is 2.24. The third kappa shape index (κ3) is 4.13. The van der Waals surface area contributed by atoms with Crippen LogP contribution < -0.4 is 0 Å². The number of rotatable bonds is 4. The Hall–Kier alpha value is -1.96. The molecular formula is C17H20N+. The molecule has 0 aliphatic rings. The smallest absolute Gasteiger partial charge is 0.155 e. The van der Waals surface area contributed by atoms with E-state index < -0.39 is 0 Å². The molecule has 92 valence electrons. The largest absolute Gasteiger partial charge is 0.306 e. The molecule has 0 aliphatic carbocycles. The zero-order chi connectivity index (χ0) is 13.4. The van der Waals surface area contributed by atoms with E-state index in [0.29, 0.717) is 11.0 Å². The molecule has 0 saturated carbocycles. The Bertz CT molecular complexity index is 480. The van der Waals surface area contributed by atoms with E-state index in [1.165, 1.54) is 0 Å². The minimum absolute atomic E-state index is 0.179. The molecular weight excluding hydrogens is 218 g/mol. The third-order valence-electron chi connectivity index (χ3n) is 2.89. The molecule has 0 amide bonds. The normalized spacial score (nSPS) is 11.8. The summed E-state index contributed by atoms with van der Waals surface area (Å²) in [5.41, 5.74) is 1.03. The Labute approximate surface area is 111 Å². The van der Waals surface area contributed by atoms with E-state index in [0.717, 1.165) is 12.0 Å². The van der Waals surface area contributed by atoms with Gasteiger partial charge in [-0.2, -0.15) is 0 Å². The van der Waals surface area contributed by atoms with Crippen molar-refractivity contribution in [3.8, 4) is 24.2 Å². The summed E-state index contributed by atoms with van der Waals surface area (Å²) < 4.78 is 0.697. The zero-order valence-corrected chi connectivity index (χ0v) is 11.2. The molecule has 0 saturated heterocycles. The molecule has 0 aromatic heterocycles. The van der Waals surface area contributed by atoms with Crippen LogP contribution in [0.25, 0.3) is 0 Å². The highest BCUT2D eigenvalue weighted by atomic mass is 15.3. The monoisotopic (exact) mass is 238 g/mol. The molecule has 0 bridgehead atoms. The summed E-state index contributed by atoms with van der Waals surface area (Å²) in [6.45, 7) is 4.47. The summed E-state index contributed by atoms with van der Waals surface area (Å²) in [4.78, 5) is 0. The molecule has 1 aromatic rings. The highest BCUT2D eigenvalue weighted by Crippen LogP contribution is 2.10. The van der Waals surface area contributed by atoms with Gasteiger partial charge in [0, 0.05) is 12.0 Å². The lowest BCUT2D eigenvalue weighted by Gasteiger charge is -2.32. The van der Waals surface area contributed by atoms with Gasteiger partial charge in [-0.3, -0.25) is 0 Å². The first-order valence-electron chi connectivity index (χ1n) is 6.04. The van der Waals surface area contributed by atoms with Gasteiger partial charge in [-0.05, 0) is 24.0 Å². The topological polar surface area (TPSA) is 0 Å². The molecule has 0 unspecified atom stereocenters. The summed E-state index contributed by atoms with van der Waals surface area (Å²) in [6, 6.07) is 10.2. The van der Waals surface area contributed by atoms with Crippen molar-refractivity contribution < 1.29 is 4.48 Å². The van der Waals surface area contributed by atoms with Gasteiger partial charge >= 0.3 is 0 Å². The average Bonchev–Trinajstić information content (AvgIpc) is 2.35. The Morgan fingerprint density at radius 3 is 2.56 bits per heavy atom. The lowest BCUT2D eigenvalue weighted by molar-refractivity contribution is -0.899. The van der Waals surface area contributed by atoms with E-state index in [2.05, 4.69) is 38.4 Å². The van der Waals surface area contributed by atoms with Crippen LogP contribution in [0.2, 0.25) is 0 Å². The van der Waals surface area contributed by atoms with Crippen molar-refractivity contribution in [1.29, 1.82) is 0 Å². The Balaban J connectivity index is 2.91. The maximum atomic E-state index is 5.42. The zero-order valence-electron chi connectivity index (χ0n) is 11.2. The van der Waals surface area contributed by atoms with E-state index >= 15 is 0 Å². The number of hydrogen-bond donors (Lipinski definition) is 0. The van der Waals surface area contributed by atoms with Crippen molar-refractivity contribution in [2.45, 2.75) is 12.5 Å². The van der Waals surface area contributed by atoms with Crippen molar-refractivity contribution in [1.82, 2.24) is 0 Å². The summed E-state index contributed by atoms with van der Waals surface area (Å²) in [5, 5.41) is 0. The average molecular weight is 238 g/mol. The van der Waals surface area contributed by atoms with E-state index in [9.17, 15) is 0 Å². The molecule has 18 heavy (non-hydrogen) atoms. The second-order valence-corrected chi connectivity index (χ2v) is 4.82. The van der Waals surface area contributed by atoms with Gasteiger partial charge in [0.2, 0.25) is 0 Å². The van der Waals surface area contributed by atoms with Gasteiger partial charge in [0.1, 0.15) is 6.54 Å². The first-order valence-corrected chi connectivity index (χ1v) is 6.04. The van der Waals surface area contributed by atoms with Crippen LogP contribution in [0.3, 0.4) is 0 Å². The van der Waals surface area contributed by atoms with Crippen molar-refractivity contribution >= 4 is 0 Å². The van der Waals surface area contributed by atoms with Crippen LogP contribution in [-0.4, -0.2) is 31.2 Å². The van der Waals surface area contributed by atoms with Crippen LogP contribution in [0.5, 0.6) is 0 Å². The Morgan fingerprint density at radius 1 is 1.33 bits per heavy atom. The van der Waals surface area contributed by atoms with Crippen molar-refractivity contribution in [3.05, 3.63) is 48.6 Å². The fourth-order valence-corrected chi connectivity index (χ4v) is 1.71. The van der Waals surface area contributed by atoms with Gasteiger partial charge in [-0.25, -0.2) is 0 Å². The Kier molecular flexibility index (Phi) is 5.25. The molecule has 1 heteroatoms. The molecule has 0 heterocycles. The van der Waals surface area contributed by atoms with Crippen molar-refractivity contribution in [2.24, 2.45) is 0 Å². The molecule has 1 rings (SSSR count). The maximum Gasteiger partial charge on any atom is 0.155 e. The predicted molar refractivity (Wildman–Crippen MR) is 77.7 cm³/mol. The van der Waals surface area contributed by atoms with Gasteiger partial charge in [-0.15, -0.1) is 13.0 Å². The maximum absolute atomic E-state index is 5.42. The molecule has 1 atom stereocenters. The quantitative estimate of drug-likeness (QED) is 0.430. The molecule has 0 fully saturated rings. The first-order chi connectivity index (χ1) is 8.60. The number of nitrogens with zero attached hydrogens (tertiary/aromatic N) is 1. The molecule has 0 spiro atoms. The van der Waals surface area contributed by atoms with Crippen LogP contribution in [0, 0.1) is 24.2 Å².